The van der Waals surface area contributed by atoms with Crippen LogP contribution in [0.25, 0.3) is 0 Å². The van der Waals surface area contributed by atoms with Crippen molar-refractivity contribution < 1.29 is 19.1 Å². The van der Waals surface area contributed by atoms with Gasteiger partial charge in [-0.15, -0.1) is 0 Å². The number of aliphatic hydroxyl groups excluding tert-OH is 1. The normalized spacial score (nSPS) is 15.5. The van der Waals surface area contributed by atoms with E-state index >= 15 is 0 Å². The fraction of sp³-hybridized carbons (Fsp3) is 0.750. The molecule has 1 aromatic carbocycles. The van der Waals surface area contributed by atoms with Crippen LogP contribution in [0.3, 0.4) is 0 Å². The van der Waals surface area contributed by atoms with Gasteiger partial charge in [-0.1, -0.05) is 45.0 Å². The Morgan fingerprint density at radius 2 is 1.53 bits per heavy atom. The highest BCUT2D eigenvalue weighted by molar-refractivity contribution is 6.74. The SMILES string of the molecule is CC(C)(C)OC(=O)N1CCC(CCCc2ccc(CO[Si](C)(C)C(C)(C)C)cc2)CC1.CCO. The minimum absolute atomic E-state index is 0.163. The number of likely N-dealkylation sites (tertiary alicyclic amines) is 1. The number of amides is 1. The van der Waals surface area contributed by atoms with E-state index in [9.17, 15) is 4.79 Å². The van der Waals surface area contributed by atoms with Gasteiger partial charge in [-0.2, -0.15) is 0 Å². The van der Waals surface area contributed by atoms with Crippen LogP contribution in [0.5, 0.6) is 0 Å². The van der Waals surface area contributed by atoms with Gasteiger partial charge >= 0.3 is 6.09 Å². The Labute approximate surface area is 210 Å². The molecule has 5 nitrogen and oxygen atoms in total. The van der Waals surface area contributed by atoms with Crippen molar-refractivity contribution in [3.63, 3.8) is 0 Å². The predicted molar refractivity (Wildman–Crippen MR) is 145 cm³/mol. The average Bonchev–Trinajstić information content (AvgIpc) is 2.72. The summed E-state index contributed by atoms with van der Waals surface area (Å²) in [5.74, 6) is 0.718. The number of nitrogens with zero attached hydrogens (tertiary/aromatic N) is 1. The van der Waals surface area contributed by atoms with Crippen molar-refractivity contribution >= 4 is 14.4 Å². The van der Waals surface area contributed by atoms with E-state index in [1.165, 1.54) is 24.0 Å². The highest BCUT2D eigenvalue weighted by atomic mass is 28.4. The van der Waals surface area contributed by atoms with Gasteiger partial charge in [0.25, 0.3) is 0 Å². The molecule has 0 bridgehead atoms. The van der Waals surface area contributed by atoms with Crippen LogP contribution in [0, 0.1) is 5.92 Å². The van der Waals surface area contributed by atoms with E-state index in [-0.39, 0.29) is 17.7 Å². The molecule has 0 atom stereocenters. The van der Waals surface area contributed by atoms with Gasteiger partial charge in [-0.3, -0.25) is 0 Å². The van der Waals surface area contributed by atoms with Gasteiger partial charge in [0, 0.05) is 19.7 Å². The highest BCUT2D eigenvalue weighted by Crippen LogP contribution is 2.37. The first-order valence-electron chi connectivity index (χ1n) is 13.0. The van der Waals surface area contributed by atoms with E-state index in [2.05, 4.69) is 58.1 Å². The maximum atomic E-state index is 12.2. The third-order valence-electron chi connectivity index (χ3n) is 6.77. The molecule has 1 saturated heterocycles. The lowest BCUT2D eigenvalue weighted by Gasteiger charge is -2.36. The zero-order valence-corrected chi connectivity index (χ0v) is 24.4. The molecule has 0 radical (unpaired) electrons. The van der Waals surface area contributed by atoms with Gasteiger partial charge in [0.15, 0.2) is 8.32 Å². The molecule has 1 fully saturated rings. The summed E-state index contributed by atoms with van der Waals surface area (Å²) in [7, 11) is -1.70. The standard InChI is InChI=1S/C26H45NO3Si.C2H6O/c1-25(2,3)30-24(28)27-18-16-22(17-19-27)11-9-10-21-12-14-23(15-13-21)20-29-31(7,8)26(4,5)6;1-2-3/h12-15,22H,9-11,16-20H2,1-8H3;3H,2H2,1H3. The van der Waals surface area contributed by atoms with Gasteiger partial charge in [0.05, 0.1) is 6.61 Å². The Morgan fingerprint density at radius 1 is 1.03 bits per heavy atom. The van der Waals surface area contributed by atoms with Gasteiger partial charge < -0.3 is 19.2 Å². The lowest BCUT2D eigenvalue weighted by atomic mass is 9.91. The predicted octanol–water partition coefficient (Wildman–Crippen LogP) is 7.18. The minimum Gasteiger partial charge on any atom is -0.444 e. The molecule has 1 amide bonds. The average molecular weight is 494 g/mol. The Kier molecular flexibility index (Phi) is 12.3. The molecule has 6 heteroatoms. The van der Waals surface area contributed by atoms with E-state index in [1.807, 2.05) is 25.7 Å². The van der Waals surface area contributed by atoms with Gasteiger partial charge in [-0.25, -0.2) is 4.79 Å². The van der Waals surface area contributed by atoms with Crippen molar-refractivity contribution in [2.45, 2.75) is 111 Å². The number of aliphatic hydroxyl groups is 1. The van der Waals surface area contributed by atoms with Crippen molar-refractivity contribution in [2.24, 2.45) is 5.92 Å². The first-order valence-corrected chi connectivity index (χ1v) is 15.9. The third-order valence-corrected chi connectivity index (χ3v) is 11.3. The zero-order valence-electron chi connectivity index (χ0n) is 23.4. The number of carbonyl (C=O) groups is 1. The van der Waals surface area contributed by atoms with Crippen molar-refractivity contribution in [1.29, 1.82) is 0 Å². The molecule has 34 heavy (non-hydrogen) atoms. The topological polar surface area (TPSA) is 59.0 Å². The quantitative estimate of drug-likeness (QED) is 0.409. The number of ether oxygens (including phenoxy) is 1. The Morgan fingerprint density at radius 3 is 2.00 bits per heavy atom. The monoisotopic (exact) mass is 493 g/mol. The summed E-state index contributed by atoms with van der Waals surface area (Å²) < 4.78 is 11.8. The smallest absolute Gasteiger partial charge is 0.410 e. The molecule has 1 aromatic rings. The number of piperidine rings is 1. The van der Waals surface area contributed by atoms with Crippen molar-refractivity contribution in [3.8, 4) is 0 Å². The van der Waals surface area contributed by atoms with Crippen LogP contribution in [0.4, 0.5) is 4.79 Å². The molecular formula is C28H51NO4Si. The lowest BCUT2D eigenvalue weighted by Crippen LogP contribution is -2.41. The van der Waals surface area contributed by atoms with E-state index in [0.717, 1.165) is 38.3 Å². The Balaban J connectivity index is 0.00000182. The summed E-state index contributed by atoms with van der Waals surface area (Å²) in [6.07, 6.45) is 5.57. The fourth-order valence-electron chi connectivity index (χ4n) is 3.61. The molecule has 196 valence electrons. The minimum atomic E-state index is -1.70. The van der Waals surface area contributed by atoms with Crippen LogP contribution >= 0.6 is 0 Å². The number of rotatable bonds is 7. The summed E-state index contributed by atoms with van der Waals surface area (Å²) in [6.45, 7) is 21.5. The number of hydrogen-bond donors (Lipinski definition) is 1. The number of hydrogen-bond acceptors (Lipinski definition) is 4. The van der Waals surface area contributed by atoms with Crippen molar-refractivity contribution in [1.82, 2.24) is 4.90 Å². The number of carbonyl (C=O) groups excluding carboxylic acids is 1. The molecular weight excluding hydrogens is 442 g/mol. The molecule has 0 spiro atoms. The first kappa shape index (κ1) is 30.7. The second-order valence-electron chi connectivity index (χ2n) is 12.0. The second kappa shape index (κ2) is 13.6. The van der Waals surface area contributed by atoms with Gasteiger partial charge in [0.1, 0.15) is 5.60 Å². The maximum Gasteiger partial charge on any atom is 0.410 e. The Hall–Kier alpha value is -1.37. The van der Waals surface area contributed by atoms with Crippen molar-refractivity contribution in [2.75, 3.05) is 19.7 Å². The number of benzene rings is 1. The van der Waals surface area contributed by atoms with E-state index < -0.39 is 13.9 Å². The van der Waals surface area contributed by atoms with Crippen LogP contribution < -0.4 is 0 Å². The largest absolute Gasteiger partial charge is 0.444 e. The zero-order chi connectivity index (χ0) is 26.0. The molecule has 1 N–H and O–H groups in total. The molecule has 1 aliphatic heterocycles. The molecule has 0 aliphatic carbocycles. The molecule has 2 rings (SSSR count). The van der Waals surface area contributed by atoms with Crippen LogP contribution in [0.15, 0.2) is 24.3 Å². The van der Waals surface area contributed by atoms with Crippen LogP contribution in [-0.2, 0) is 22.2 Å². The summed E-state index contributed by atoms with van der Waals surface area (Å²) >= 11 is 0. The maximum absolute atomic E-state index is 12.2. The molecule has 1 heterocycles. The summed E-state index contributed by atoms with van der Waals surface area (Å²) in [4.78, 5) is 14.1. The van der Waals surface area contributed by atoms with E-state index in [0.29, 0.717) is 6.61 Å². The van der Waals surface area contributed by atoms with Crippen molar-refractivity contribution in [3.05, 3.63) is 35.4 Å². The van der Waals surface area contributed by atoms with E-state index in [4.69, 9.17) is 14.3 Å². The van der Waals surface area contributed by atoms with Gasteiger partial charge in [-0.05, 0) is 95.0 Å². The lowest BCUT2D eigenvalue weighted by molar-refractivity contribution is 0.0180. The van der Waals surface area contributed by atoms with Crippen LogP contribution in [0.1, 0.15) is 85.3 Å². The molecule has 0 aromatic heterocycles. The third kappa shape index (κ3) is 11.4. The van der Waals surface area contributed by atoms with Crippen LogP contribution in [0.2, 0.25) is 18.1 Å². The van der Waals surface area contributed by atoms with E-state index in [1.54, 1.807) is 6.92 Å². The highest BCUT2D eigenvalue weighted by Gasteiger charge is 2.37. The molecule has 1 aliphatic rings. The molecule has 0 saturated carbocycles. The second-order valence-corrected chi connectivity index (χ2v) is 16.8. The molecule has 0 unspecified atom stereocenters. The summed E-state index contributed by atoms with van der Waals surface area (Å²) in [5, 5.41) is 7.82. The summed E-state index contributed by atoms with van der Waals surface area (Å²) in [6, 6.07) is 8.97. The summed E-state index contributed by atoms with van der Waals surface area (Å²) in [5.41, 5.74) is 2.26. The number of aryl methyl sites for hydroxylation is 1. The fourth-order valence-corrected chi connectivity index (χ4v) is 4.57. The first-order chi connectivity index (χ1) is 15.7. The Bertz CT molecular complexity index is 711. The van der Waals surface area contributed by atoms with Crippen LogP contribution in [-0.4, -0.2) is 49.7 Å². The van der Waals surface area contributed by atoms with Gasteiger partial charge in [0.2, 0.25) is 0 Å².